The molecule has 1 fully saturated rings. The number of rotatable bonds is 7. The predicted octanol–water partition coefficient (Wildman–Crippen LogP) is 5.97. The number of halogens is 4. The third kappa shape index (κ3) is 6.84. The highest BCUT2D eigenvalue weighted by atomic mass is 19.4. The number of benzene rings is 3. The number of nitrogens with zero attached hydrogens (tertiary/aromatic N) is 1. The van der Waals surface area contributed by atoms with Gasteiger partial charge in [0.15, 0.2) is 0 Å². The van der Waals surface area contributed by atoms with Crippen LogP contribution in [-0.2, 0) is 16.0 Å². The Morgan fingerprint density at radius 3 is 2.14 bits per heavy atom. The molecule has 2 atom stereocenters. The molecule has 0 saturated carbocycles. The predicted molar refractivity (Wildman–Crippen MR) is 126 cm³/mol. The number of alkyl halides is 3. The lowest BCUT2D eigenvalue weighted by molar-refractivity contribution is -0.163. The second kappa shape index (κ2) is 10.8. The average Bonchev–Trinajstić information content (AvgIpc) is 3.26. The molecule has 1 aliphatic rings. The largest absolute Gasteiger partial charge is 0.457 e. The lowest BCUT2D eigenvalue weighted by atomic mass is 9.96. The van der Waals surface area contributed by atoms with E-state index in [1.54, 1.807) is 24.3 Å². The van der Waals surface area contributed by atoms with Crippen molar-refractivity contribution in [3.8, 4) is 11.5 Å². The molecule has 36 heavy (non-hydrogen) atoms. The van der Waals surface area contributed by atoms with Crippen LogP contribution in [0.4, 0.5) is 23.2 Å². The zero-order valence-corrected chi connectivity index (χ0v) is 19.2. The van der Waals surface area contributed by atoms with E-state index in [0.717, 1.165) is 10.5 Å². The molecule has 1 heterocycles. The van der Waals surface area contributed by atoms with Crippen molar-refractivity contribution in [1.29, 1.82) is 0 Å². The van der Waals surface area contributed by atoms with Crippen molar-refractivity contribution >= 4 is 17.5 Å². The smallest absolute Gasteiger partial charge is 0.397 e. The first-order valence-electron chi connectivity index (χ1n) is 11.4. The Hall–Kier alpha value is -3.88. The molecule has 9 heteroatoms. The topological polar surface area (TPSA) is 58.6 Å². The molecule has 3 aromatic rings. The van der Waals surface area contributed by atoms with Gasteiger partial charge in [0.1, 0.15) is 29.8 Å². The molecule has 0 spiro atoms. The van der Waals surface area contributed by atoms with E-state index in [4.69, 9.17) is 4.74 Å². The fourth-order valence-corrected chi connectivity index (χ4v) is 4.29. The Kier molecular flexibility index (Phi) is 7.57. The summed E-state index contributed by atoms with van der Waals surface area (Å²) < 4.78 is 57.4. The van der Waals surface area contributed by atoms with Crippen molar-refractivity contribution in [3.63, 3.8) is 0 Å². The van der Waals surface area contributed by atoms with Crippen molar-refractivity contribution in [3.05, 3.63) is 90.2 Å². The van der Waals surface area contributed by atoms with Gasteiger partial charge in [-0.2, -0.15) is 13.2 Å². The number of hydrogen-bond donors (Lipinski definition) is 1. The summed E-state index contributed by atoms with van der Waals surface area (Å²) >= 11 is 0. The summed E-state index contributed by atoms with van der Waals surface area (Å²) in [6, 6.07) is 20.2. The van der Waals surface area contributed by atoms with E-state index >= 15 is 0 Å². The van der Waals surface area contributed by atoms with Crippen LogP contribution in [0.2, 0.25) is 0 Å². The highest BCUT2D eigenvalue weighted by molar-refractivity contribution is 5.97. The first-order valence-corrected chi connectivity index (χ1v) is 11.4. The van der Waals surface area contributed by atoms with Crippen LogP contribution in [-0.4, -0.2) is 35.5 Å². The van der Waals surface area contributed by atoms with Crippen LogP contribution in [0.1, 0.15) is 18.4 Å². The fourth-order valence-electron chi connectivity index (χ4n) is 4.29. The lowest BCUT2D eigenvalue weighted by Gasteiger charge is -2.24. The van der Waals surface area contributed by atoms with Gasteiger partial charge in [-0.1, -0.05) is 30.3 Å². The molecule has 1 N–H and O–H groups in total. The van der Waals surface area contributed by atoms with Crippen molar-refractivity contribution in [2.45, 2.75) is 31.5 Å². The molecule has 0 aromatic heterocycles. The van der Waals surface area contributed by atoms with Gasteiger partial charge in [0.25, 0.3) is 0 Å². The van der Waals surface area contributed by atoms with Gasteiger partial charge in [-0.3, -0.25) is 9.59 Å². The Bertz CT molecular complexity index is 1180. The maximum absolute atomic E-state index is 13.0. The van der Waals surface area contributed by atoms with E-state index < -0.39 is 30.5 Å². The highest BCUT2D eigenvalue weighted by Crippen LogP contribution is 2.31. The van der Waals surface area contributed by atoms with Gasteiger partial charge in [-0.25, -0.2) is 4.39 Å². The van der Waals surface area contributed by atoms with Crippen LogP contribution < -0.4 is 10.1 Å². The monoisotopic (exact) mass is 500 g/mol. The summed E-state index contributed by atoms with van der Waals surface area (Å²) in [6.07, 6.45) is -5.45. The SMILES string of the molecule is O=C(Nc1ccc(Oc2ccc(F)cc2)cc1)[C@@H]1CC(Cc2ccccc2)CN1C(=O)CC(F)(F)F. The normalized spacial score (nSPS) is 17.6. The zero-order valence-electron chi connectivity index (χ0n) is 19.2. The lowest BCUT2D eigenvalue weighted by Crippen LogP contribution is -2.44. The number of likely N-dealkylation sites (tertiary alicyclic amines) is 1. The third-order valence-electron chi connectivity index (χ3n) is 5.90. The van der Waals surface area contributed by atoms with Crippen LogP contribution in [0, 0.1) is 11.7 Å². The molecule has 1 saturated heterocycles. The fraction of sp³-hybridized carbons (Fsp3) is 0.259. The van der Waals surface area contributed by atoms with Crippen LogP contribution in [0.15, 0.2) is 78.9 Å². The number of ether oxygens (including phenoxy) is 1. The summed E-state index contributed by atoms with van der Waals surface area (Å²) in [7, 11) is 0. The maximum Gasteiger partial charge on any atom is 0.397 e. The van der Waals surface area contributed by atoms with Gasteiger partial charge in [-0.05, 0) is 72.9 Å². The minimum absolute atomic E-state index is 0.0757. The molecule has 0 aliphatic carbocycles. The zero-order chi connectivity index (χ0) is 25.7. The van der Waals surface area contributed by atoms with E-state index in [2.05, 4.69) is 5.32 Å². The molecule has 3 aromatic carbocycles. The van der Waals surface area contributed by atoms with Gasteiger partial charge in [-0.15, -0.1) is 0 Å². The number of anilines is 1. The summed E-state index contributed by atoms with van der Waals surface area (Å²) in [5.74, 6) is -1.31. The van der Waals surface area contributed by atoms with Gasteiger partial charge < -0.3 is 15.0 Å². The highest BCUT2D eigenvalue weighted by Gasteiger charge is 2.43. The van der Waals surface area contributed by atoms with Gasteiger partial charge in [0, 0.05) is 12.2 Å². The van der Waals surface area contributed by atoms with E-state index in [1.807, 2.05) is 30.3 Å². The van der Waals surface area contributed by atoms with E-state index in [-0.39, 0.29) is 24.7 Å². The number of carbonyl (C=O) groups excluding carboxylic acids is 2. The molecular weight excluding hydrogens is 476 g/mol. The Labute approximate surface area is 205 Å². The second-order valence-electron chi connectivity index (χ2n) is 8.71. The van der Waals surface area contributed by atoms with Gasteiger partial charge in [0.2, 0.25) is 11.8 Å². The van der Waals surface area contributed by atoms with E-state index in [1.165, 1.54) is 24.3 Å². The molecule has 5 nitrogen and oxygen atoms in total. The van der Waals surface area contributed by atoms with Crippen molar-refractivity contribution in [2.75, 3.05) is 11.9 Å². The molecule has 188 valence electrons. The first kappa shape index (κ1) is 25.2. The van der Waals surface area contributed by atoms with Crippen molar-refractivity contribution in [2.24, 2.45) is 5.92 Å². The molecule has 0 bridgehead atoms. The Morgan fingerprint density at radius 2 is 1.53 bits per heavy atom. The average molecular weight is 500 g/mol. The van der Waals surface area contributed by atoms with Crippen molar-refractivity contribution in [1.82, 2.24) is 4.90 Å². The van der Waals surface area contributed by atoms with Crippen LogP contribution >= 0.6 is 0 Å². The number of hydrogen-bond acceptors (Lipinski definition) is 3. The minimum atomic E-state index is -4.66. The number of amides is 2. The van der Waals surface area contributed by atoms with Crippen LogP contribution in [0.3, 0.4) is 0 Å². The summed E-state index contributed by atoms with van der Waals surface area (Å²) in [5.41, 5.74) is 1.39. The molecule has 4 rings (SSSR count). The van der Waals surface area contributed by atoms with E-state index in [9.17, 15) is 27.2 Å². The standard InChI is InChI=1S/C27H24F4N2O3/c28-20-6-10-22(11-7-20)36-23-12-8-21(9-13-23)32-26(35)24-15-19(14-18-4-2-1-3-5-18)17-33(24)25(34)16-27(29,30)31/h1-13,19,24H,14-17H2,(H,32,35)/t19?,24-/m0/s1. The first-order chi connectivity index (χ1) is 17.2. The second-order valence-corrected chi connectivity index (χ2v) is 8.71. The summed E-state index contributed by atoms with van der Waals surface area (Å²) in [5, 5.41) is 2.70. The van der Waals surface area contributed by atoms with Crippen LogP contribution in [0.25, 0.3) is 0 Å². The maximum atomic E-state index is 13.0. The summed E-state index contributed by atoms with van der Waals surface area (Å²) in [6.45, 7) is 0.0757. The van der Waals surface area contributed by atoms with Gasteiger partial charge in [0.05, 0.1) is 0 Å². The van der Waals surface area contributed by atoms with E-state index in [0.29, 0.717) is 23.6 Å². The Balaban J connectivity index is 1.43. The van der Waals surface area contributed by atoms with Gasteiger partial charge >= 0.3 is 6.18 Å². The minimum Gasteiger partial charge on any atom is -0.457 e. The number of nitrogens with one attached hydrogen (secondary N) is 1. The molecular formula is C27H24F4N2O3. The summed E-state index contributed by atoms with van der Waals surface area (Å²) in [4.78, 5) is 26.5. The third-order valence-corrected chi connectivity index (χ3v) is 5.90. The molecule has 1 unspecified atom stereocenters. The number of carbonyl (C=O) groups is 2. The molecule has 1 aliphatic heterocycles. The Morgan fingerprint density at radius 1 is 0.917 bits per heavy atom. The van der Waals surface area contributed by atoms with Crippen LogP contribution in [0.5, 0.6) is 11.5 Å². The molecule has 2 amide bonds. The van der Waals surface area contributed by atoms with Crippen molar-refractivity contribution < 1.29 is 31.9 Å². The quantitative estimate of drug-likeness (QED) is 0.407. The molecule has 0 radical (unpaired) electrons.